The van der Waals surface area contributed by atoms with Crippen LogP contribution in [0.5, 0.6) is 0 Å². The molecule has 0 amide bonds. The Morgan fingerprint density at radius 3 is 2.56 bits per heavy atom. The van der Waals surface area contributed by atoms with Crippen molar-refractivity contribution in [1.82, 2.24) is 0 Å². The summed E-state index contributed by atoms with van der Waals surface area (Å²) < 4.78 is 0. The van der Waals surface area contributed by atoms with Crippen LogP contribution >= 0.6 is 0 Å². The van der Waals surface area contributed by atoms with Crippen LogP contribution in [0.15, 0.2) is 12.7 Å². The Morgan fingerprint density at radius 2 is 2.22 bits per heavy atom. The molecule has 0 aromatic rings. The van der Waals surface area contributed by atoms with E-state index in [0.29, 0.717) is 6.42 Å². The lowest BCUT2D eigenvalue weighted by molar-refractivity contribution is 0.0534. The van der Waals surface area contributed by atoms with Gasteiger partial charge in [0.1, 0.15) is 0 Å². The summed E-state index contributed by atoms with van der Waals surface area (Å²) in [5.41, 5.74) is -0.517. The van der Waals surface area contributed by atoms with Crippen LogP contribution in [0.25, 0.3) is 0 Å². The molecule has 1 heteroatoms. The standard InChI is InChI=1S/C8H16O/c1-4-6-8(3,9)7-5-2/h4,9H,1,5-7H2,2-3H3/t8-/m0/s1. The summed E-state index contributed by atoms with van der Waals surface area (Å²) in [6, 6.07) is 0. The molecule has 1 nitrogen and oxygen atoms in total. The number of hydrogen-bond donors (Lipinski definition) is 1. The predicted molar refractivity (Wildman–Crippen MR) is 40.3 cm³/mol. The second-order valence-corrected chi connectivity index (χ2v) is 2.74. The van der Waals surface area contributed by atoms with Crippen molar-refractivity contribution in [3.8, 4) is 0 Å². The monoisotopic (exact) mass is 128 g/mol. The minimum atomic E-state index is -0.517. The number of aliphatic hydroxyl groups is 1. The topological polar surface area (TPSA) is 20.2 Å². The summed E-state index contributed by atoms with van der Waals surface area (Å²) >= 11 is 0. The average molecular weight is 128 g/mol. The third kappa shape index (κ3) is 4.22. The fourth-order valence-corrected chi connectivity index (χ4v) is 0.952. The molecule has 54 valence electrons. The van der Waals surface area contributed by atoms with Crippen molar-refractivity contribution in [3.63, 3.8) is 0 Å². The minimum Gasteiger partial charge on any atom is -0.390 e. The van der Waals surface area contributed by atoms with Crippen LogP contribution in [-0.4, -0.2) is 10.7 Å². The van der Waals surface area contributed by atoms with Crippen LogP contribution in [0.1, 0.15) is 33.1 Å². The van der Waals surface area contributed by atoms with Gasteiger partial charge in [0, 0.05) is 0 Å². The summed E-state index contributed by atoms with van der Waals surface area (Å²) in [6.07, 6.45) is 4.34. The lowest BCUT2D eigenvalue weighted by Gasteiger charge is -2.19. The second kappa shape index (κ2) is 3.67. The van der Waals surface area contributed by atoms with Gasteiger partial charge in [-0.05, 0) is 19.8 Å². The van der Waals surface area contributed by atoms with Crippen molar-refractivity contribution >= 4 is 0 Å². The van der Waals surface area contributed by atoms with Crippen molar-refractivity contribution in [1.29, 1.82) is 0 Å². The quantitative estimate of drug-likeness (QED) is 0.575. The van der Waals surface area contributed by atoms with Crippen LogP contribution in [0, 0.1) is 0 Å². The molecule has 0 bridgehead atoms. The molecular formula is C8H16O. The molecule has 0 saturated heterocycles. The number of hydrogen-bond acceptors (Lipinski definition) is 1. The zero-order valence-electron chi connectivity index (χ0n) is 6.35. The van der Waals surface area contributed by atoms with E-state index >= 15 is 0 Å². The summed E-state index contributed by atoms with van der Waals surface area (Å²) in [5, 5.41) is 9.44. The molecular weight excluding hydrogens is 112 g/mol. The van der Waals surface area contributed by atoms with Crippen LogP contribution in [0.3, 0.4) is 0 Å². The molecule has 0 rings (SSSR count). The van der Waals surface area contributed by atoms with Crippen molar-refractivity contribution < 1.29 is 5.11 Å². The lowest BCUT2D eigenvalue weighted by Crippen LogP contribution is -2.22. The highest BCUT2D eigenvalue weighted by molar-refractivity contribution is 4.81. The fourth-order valence-electron chi connectivity index (χ4n) is 0.952. The molecule has 0 heterocycles. The third-order valence-corrected chi connectivity index (χ3v) is 1.37. The Balaban J connectivity index is 3.55. The molecule has 0 aliphatic carbocycles. The largest absolute Gasteiger partial charge is 0.390 e. The SMILES string of the molecule is C=CC[C@](C)(O)CCC. The van der Waals surface area contributed by atoms with Crippen LogP contribution in [0.2, 0.25) is 0 Å². The highest BCUT2D eigenvalue weighted by Crippen LogP contribution is 2.15. The molecule has 0 aliphatic rings. The summed E-state index contributed by atoms with van der Waals surface area (Å²) in [4.78, 5) is 0. The van der Waals surface area contributed by atoms with Gasteiger partial charge in [-0.3, -0.25) is 0 Å². The first kappa shape index (κ1) is 8.70. The maximum atomic E-state index is 9.44. The third-order valence-electron chi connectivity index (χ3n) is 1.37. The molecule has 0 spiro atoms. The highest BCUT2D eigenvalue weighted by atomic mass is 16.3. The maximum Gasteiger partial charge on any atom is 0.0653 e. The summed E-state index contributed by atoms with van der Waals surface area (Å²) in [6.45, 7) is 7.48. The second-order valence-electron chi connectivity index (χ2n) is 2.74. The van der Waals surface area contributed by atoms with Gasteiger partial charge < -0.3 is 5.11 Å². The molecule has 0 radical (unpaired) electrons. The van der Waals surface area contributed by atoms with E-state index in [1.165, 1.54) is 0 Å². The first-order valence-corrected chi connectivity index (χ1v) is 3.45. The molecule has 0 fully saturated rings. The lowest BCUT2D eigenvalue weighted by atomic mass is 9.97. The van der Waals surface area contributed by atoms with Gasteiger partial charge in [0.2, 0.25) is 0 Å². The van der Waals surface area contributed by atoms with Gasteiger partial charge in [-0.15, -0.1) is 6.58 Å². The molecule has 0 aromatic carbocycles. The Kier molecular flexibility index (Phi) is 3.55. The van der Waals surface area contributed by atoms with E-state index in [0.717, 1.165) is 12.8 Å². The van der Waals surface area contributed by atoms with Gasteiger partial charge in [-0.1, -0.05) is 19.4 Å². The molecule has 9 heavy (non-hydrogen) atoms. The van der Waals surface area contributed by atoms with E-state index in [-0.39, 0.29) is 0 Å². The van der Waals surface area contributed by atoms with Crippen molar-refractivity contribution in [2.75, 3.05) is 0 Å². The zero-order chi connectivity index (χ0) is 7.33. The van der Waals surface area contributed by atoms with Crippen LogP contribution in [-0.2, 0) is 0 Å². The smallest absolute Gasteiger partial charge is 0.0653 e. The molecule has 1 atom stereocenters. The van der Waals surface area contributed by atoms with Crippen molar-refractivity contribution in [2.24, 2.45) is 0 Å². The van der Waals surface area contributed by atoms with Gasteiger partial charge >= 0.3 is 0 Å². The van der Waals surface area contributed by atoms with Gasteiger partial charge in [0.25, 0.3) is 0 Å². The van der Waals surface area contributed by atoms with E-state index in [1.54, 1.807) is 6.08 Å². The van der Waals surface area contributed by atoms with Gasteiger partial charge in [-0.2, -0.15) is 0 Å². The van der Waals surface area contributed by atoms with E-state index in [9.17, 15) is 5.11 Å². The number of rotatable bonds is 4. The summed E-state index contributed by atoms with van der Waals surface area (Å²) in [7, 11) is 0. The predicted octanol–water partition coefficient (Wildman–Crippen LogP) is 2.11. The molecule has 1 N–H and O–H groups in total. The first-order valence-electron chi connectivity index (χ1n) is 3.45. The van der Waals surface area contributed by atoms with E-state index in [4.69, 9.17) is 0 Å². The highest BCUT2D eigenvalue weighted by Gasteiger charge is 2.15. The van der Waals surface area contributed by atoms with Gasteiger partial charge in [-0.25, -0.2) is 0 Å². The van der Waals surface area contributed by atoms with Crippen molar-refractivity contribution in [3.05, 3.63) is 12.7 Å². The first-order chi connectivity index (χ1) is 4.12. The van der Waals surface area contributed by atoms with Crippen molar-refractivity contribution in [2.45, 2.75) is 38.7 Å². The van der Waals surface area contributed by atoms with Gasteiger partial charge in [0.15, 0.2) is 0 Å². The normalized spacial score (nSPS) is 16.8. The molecule has 0 aromatic heterocycles. The average Bonchev–Trinajstić information content (AvgIpc) is 1.64. The molecule has 0 saturated carbocycles. The summed E-state index contributed by atoms with van der Waals surface area (Å²) in [5.74, 6) is 0. The van der Waals surface area contributed by atoms with Gasteiger partial charge in [0.05, 0.1) is 5.60 Å². The maximum absolute atomic E-state index is 9.44. The van der Waals surface area contributed by atoms with Crippen LogP contribution in [0.4, 0.5) is 0 Å². The molecule has 0 unspecified atom stereocenters. The Morgan fingerprint density at radius 1 is 1.67 bits per heavy atom. The fraction of sp³-hybridized carbons (Fsp3) is 0.750. The molecule has 0 aliphatic heterocycles. The zero-order valence-corrected chi connectivity index (χ0v) is 6.35. The van der Waals surface area contributed by atoms with Crippen LogP contribution < -0.4 is 0 Å². The van der Waals surface area contributed by atoms with E-state index in [1.807, 2.05) is 6.92 Å². The Bertz CT molecular complexity index is 84.6. The van der Waals surface area contributed by atoms with E-state index < -0.39 is 5.60 Å². The Hall–Kier alpha value is -0.300. The minimum absolute atomic E-state index is 0.517. The Labute approximate surface area is 57.4 Å². The van der Waals surface area contributed by atoms with E-state index in [2.05, 4.69) is 13.5 Å².